The van der Waals surface area contributed by atoms with Gasteiger partial charge in [0.05, 0.1) is 6.54 Å². The molecule has 0 radical (unpaired) electrons. The summed E-state index contributed by atoms with van der Waals surface area (Å²) in [4.78, 5) is 7.36. The summed E-state index contributed by atoms with van der Waals surface area (Å²) in [6, 6.07) is 8.72. The fourth-order valence-corrected chi connectivity index (χ4v) is 4.16. The van der Waals surface area contributed by atoms with Crippen LogP contribution in [0.1, 0.15) is 38.2 Å². The Balaban J connectivity index is 0.00000243. The highest BCUT2D eigenvalue weighted by Gasteiger charge is 2.44. The molecule has 4 nitrogen and oxygen atoms in total. The van der Waals surface area contributed by atoms with Gasteiger partial charge in [0.1, 0.15) is 0 Å². The summed E-state index contributed by atoms with van der Waals surface area (Å²) in [5.41, 5.74) is 1.66. The van der Waals surface area contributed by atoms with Crippen molar-refractivity contribution in [3.63, 3.8) is 0 Å². The standard InChI is InChI=1S/C20H31BrN4.HI/c1-3-22-19(23-13-16-6-5-11-25(2)14-16)24-15-20(9-10-20)17-7-4-8-18(21)12-17;/h4,7-8,12,16H,3,5-6,9-11,13-15H2,1-2H3,(H2,22,23,24);1H. The van der Waals surface area contributed by atoms with Crippen LogP contribution in [0, 0.1) is 5.92 Å². The molecular formula is C20H32BrIN4. The van der Waals surface area contributed by atoms with E-state index in [1.165, 1.54) is 44.3 Å². The third-order valence-electron chi connectivity index (χ3n) is 5.45. The quantitative estimate of drug-likeness (QED) is 0.329. The minimum Gasteiger partial charge on any atom is -0.357 e. The van der Waals surface area contributed by atoms with Gasteiger partial charge in [-0.2, -0.15) is 0 Å². The molecule has 1 saturated carbocycles. The molecule has 3 rings (SSSR count). The molecule has 1 aromatic rings. The Kier molecular flexibility index (Phi) is 8.67. The Morgan fingerprint density at radius 2 is 2.15 bits per heavy atom. The molecule has 1 aliphatic carbocycles. The van der Waals surface area contributed by atoms with Gasteiger partial charge in [0, 0.05) is 29.5 Å². The first-order valence-electron chi connectivity index (χ1n) is 9.58. The summed E-state index contributed by atoms with van der Waals surface area (Å²) >= 11 is 3.60. The normalized spacial score (nSPS) is 22.4. The summed E-state index contributed by atoms with van der Waals surface area (Å²) in [5, 5.41) is 6.99. The number of aliphatic imine (C=N–C) groups is 1. The van der Waals surface area contributed by atoms with Crippen LogP contribution < -0.4 is 10.6 Å². The number of benzene rings is 1. The lowest BCUT2D eigenvalue weighted by Gasteiger charge is -2.30. The van der Waals surface area contributed by atoms with Crippen LogP contribution in [0.25, 0.3) is 0 Å². The highest BCUT2D eigenvalue weighted by molar-refractivity contribution is 14.0. The van der Waals surface area contributed by atoms with Crippen molar-refractivity contribution in [3.8, 4) is 0 Å². The van der Waals surface area contributed by atoms with Gasteiger partial charge in [0.25, 0.3) is 0 Å². The molecule has 6 heteroatoms. The lowest BCUT2D eigenvalue weighted by Crippen LogP contribution is -2.43. The molecule has 26 heavy (non-hydrogen) atoms. The monoisotopic (exact) mass is 534 g/mol. The van der Waals surface area contributed by atoms with Gasteiger partial charge in [0.15, 0.2) is 5.96 Å². The van der Waals surface area contributed by atoms with Crippen molar-refractivity contribution in [3.05, 3.63) is 34.3 Å². The number of nitrogens with zero attached hydrogens (tertiary/aromatic N) is 2. The van der Waals surface area contributed by atoms with Gasteiger partial charge in [-0.3, -0.25) is 4.99 Å². The molecule has 0 bridgehead atoms. The number of nitrogens with one attached hydrogen (secondary N) is 2. The van der Waals surface area contributed by atoms with Gasteiger partial charge in [0.2, 0.25) is 0 Å². The summed E-state index contributed by atoms with van der Waals surface area (Å²) in [6.45, 7) is 7.34. The number of piperidine rings is 1. The van der Waals surface area contributed by atoms with E-state index in [9.17, 15) is 0 Å². The van der Waals surface area contributed by atoms with E-state index in [4.69, 9.17) is 4.99 Å². The van der Waals surface area contributed by atoms with Gasteiger partial charge in [-0.25, -0.2) is 0 Å². The van der Waals surface area contributed by atoms with E-state index in [1.54, 1.807) is 0 Å². The minimum atomic E-state index is 0. The molecule has 2 aliphatic rings. The fraction of sp³-hybridized carbons (Fsp3) is 0.650. The Morgan fingerprint density at radius 3 is 2.81 bits per heavy atom. The molecule has 1 aliphatic heterocycles. The summed E-state index contributed by atoms with van der Waals surface area (Å²) in [7, 11) is 2.22. The zero-order valence-corrected chi connectivity index (χ0v) is 19.8. The SMILES string of the molecule is CCNC(=NCC1(c2cccc(Br)c2)CC1)NCC1CCCN(C)C1.I. The zero-order valence-electron chi connectivity index (χ0n) is 15.9. The average Bonchev–Trinajstić information content (AvgIpc) is 3.39. The number of rotatable bonds is 6. The molecule has 146 valence electrons. The van der Waals surface area contributed by atoms with Crippen molar-refractivity contribution in [1.29, 1.82) is 0 Å². The van der Waals surface area contributed by atoms with E-state index in [-0.39, 0.29) is 29.4 Å². The van der Waals surface area contributed by atoms with Gasteiger partial charge in [-0.1, -0.05) is 28.1 Å². The maximum atomic E-state index is 4.92. The van der Waals surface area contributed by atoms with Crippen molar-refractivity contribution in [1.82, 2.24) is 15.5 Å². The van der Waals surface area contributed by atoms with Crippen LogP contribution in [-0.4, -0.2) is 50.6 Å². The molecular weight excluding hydrogens is 503 g/mol. The van der Waals surface area contributed by atoms with Gasteiger partial charge in [-0.15, -0.1) is 24.0 Å². The second-order valence-electron chi connectivity index (χ2n) is 7.64. The molecule has 1 heterocycles. The van der Waals surface area contributed by atoms with Crippen LogP contribution in [0.5, 0.6) is 0 Å². The molecule has 2 fully saturated rings. The van der Waals surface area contributed by atoms with Crippen LogP contribution >= 0.6 is 39.9 Å². The zero-order chi connectivity index (χ0) is 17.7. The molecule has 0 spiro atoms. The van der Waals surface area contributed by atoms with Crippen molar-refractivity contribution in [2.24, 2.45) is 10.9 Å². The van der Waals surface area contributed by atoms with Crippen LogP contribution in [0.3, 0.4) is 0 Å². The molecule has 1 unspecified atom stereocenters. The Hall–Kier alpha value is -0.340. The molecule has 0 amide bonds. The number of halogens is 2. The largest absolute Gasteiger partial charge is 0.357 e. The van der Waals surface area contributed by atoms with Crippen molar-refractivity contribution >= 4 is 45.9 Å². The predicted octanol–water partition coefficient (Wildman–Crippen LogP) is 4.00. The second kappa shape index (κ2) is 10.3. The Labute approximate surface area is 183 Å². The first kappa shape index (κ1) is 22.0. The summed E-state index contributed by atoms with van der Waals surface area (Å²) in [6.07, 6.45) is 5.10. The van der Waals surface area contributed by atoms with Crippen LogP contribution in [0.2, 0.25) is 0 Å². The van der Waals surface area contributed by atoms with Crippen molar-refractivity contribution in [2.45, 2.75) is 38.0 Å². The van der Waals surface area contributed by atoms with E-state index in [0.29, 0.717) is 0 Å². The second-order valence-corrected chi connectivity index (χ2v) is 8.55. The van der Waals surface area contributed by atoms with E-state index in [1.807, 2.05) is 0 Å². The molecule has 2 N–H and O–H groups in total. The topological polar surface area (TPSA) is 39.7 Å². The molecule has 1 saturated heterocycles. The van der Waals surface area contributed by atoms with Gasteiger partial charge < -0.3 is 15.5 Å². The molecule has 1 atom stereocenters. The number of guanidine groups is 1. The van der Waals surface area contributed by atoms with Gasteiger partial charge in [-0.05, 0) is 69.8 Å². The van der Waals surface area contributed by atoms with Crippen molar-refractivity contribution in [2.75, 3.05) is 39.8 Å². The first-order chi connectivity index (χ1) is 12.1. The number of likely N-dealkylation sites (tertiary alicyclic amines) is 1. The van der Waals surface area contributed by atoms with Crippen LogP contribution in [0.15, 0.2) is 33.7 Å². The van der Waals surface area contributed by atoms with Crippen LogP contribution in [-0.2, 0) is 5.41 Å². The smallest absolute Gasteiger partial charge is 0.191 e. The summed E-state index contributed by atoms with van der Waals surface area (Å²) in [5.74, 6) is 1.69. The minimum absolute atomic E-state index is 0. The fourth-order valence-electron chi connectivity index (χ4n) is 3.76. The van der Waals surface area contributed by atoms with E-state index in [2.05, 4.69) is 69.7 Å². The van der Waals surface area contributed by atoms with E-state index >= 15 is 0 Å². The third-order valence-corrected chi connectivity index (χ3v) is 5.95. The van der Waals surface area contributed by atoms with Crippen LogP contribution in [0.4, 0.5) is 0 Å². The van der Waals surface area contributed by atoms with Crippen molar-refractivity contribution < 1.29 is 0 Å². The summed E-state index contributed by atoms with van der Waals surface area (Å²) < 4.78 is 1.16. The molecule has 0 aromatic heterocycles. The van der Waals surface area contributed by atoms with E-state index in [0.717, 1.165) is 36.0 Å². The highest BCUT2D eigenvalue weighted by Crippen LogP contribution is 2.48. The Bertz CT molecular complexity index is 603. The number of hydrogen-bond donors (Lipinski definition) is 2. The number of hydrogen-bond acceptors (Lipinski definition) is 2. The predicted molar refractivity (Wildman–Crippen MR) is 125 cm³/mol. The average molecular weight is 535 g/mol. The lowest BCUT2D eigenvalue weighted by atomic mass is 9.96. The van der Waals surface area contributed by atoms with E-state index < -0.39 is 0 Å². The lowest BCUT2D eigenvalue weighted by molar-refractivity contribution is 0.210. The maximum Gasteiger partial charge on any atom is 0.191 e. The molecule has 1 aromatic carbocycles. The highest BCUT2D eigenvalue weighted by atomic mass is 127. The first-order valence-corrected chi connectivity index (χ1v) is 10.4. The third kappa shape index (κ3) is 6.09. The Morgan fingerprint density at radius 1 is 1.35 bits per heavy atom. The maximum absolute atomic E-state index is 4.92. The van der Waals surface area contributed by atoms with Gasteiger partial charge >= 0.3 is 0 Å².